The molecule has 0 heterocycles. The predicted molar refractivity (Wildman–Crippen MR) is 215 cm³/mol. The van der Waals surface area contributed by atoms with Crippen LogP contribution in [0.3, 0.4) is 0 Å². The monoisotopic (exact) mass is 737 g/mol. The molecule has 3 aromatic carbocycles. The highest BCUT2D eigenvalue weighted by atomic mass is 28.5. The normalized spacial score (nSPS) is 11.9. The summed E-state index contributed by atoms with van der Waals surface area (Å²) in [5.41, 5.74) is 5.43. The van der Waals surface area contributed by atoms with E-state index in [9.17, 15) is 9.59 Å². The zero-order valence-corrected chi connectivity index (χ0v) is 34.7. The number of carbonyl (C=O) groups is 2. The molecule has 0 radical (unpaired) electrons. The average molecular weight is 738 g/mol. The molecule has 50 heavy (non-hydrogen) atoms. The summed E-state index contributed by atoms with van der Waals surface area (Å²) in [7, 11) is -5.88. The number of hydrogen-bond acceptors (Lipinski definition) is 9. The minimum absolute atomic E-state index is 0.312. The van der Waals surface area contributed by atoms with E-state index in [1.807, 2.05) is 30.3 Å². The van der Waals surface area contributed by atoms with E-state index in [0.29, 0.717) is 24.3 Å². The van der Waals surface area contributed by atoms with E-state index >= 15 is 0 Å². The number of unbranched alkanes of at least 4 members (excludes halogenated alkanes) is 2. The van der Waals surface area contributed by atoms with Gasteiger partial charge in [-0.25, -0.2) is 9.59 Å². The molecule has 0 saturated carbocycles. The number of anilines is 5. The highest BCUT2D eigenvalue weighted by Gasteiger charge is 2.39. The summed E-state index contributed by atoms with van der Waals surface area (Å²) in [4.78, 5) is 24.8. The molecule has 0 aliphatic rings. The molecule has 0 unspecified atom stereocenters. The van der Waals surface area contributed by atoms with Gasteiger partial charge in [-0.05, 0) is 138 Å². The van der Waals surface area contributed by atoms with Crippen LogP contribution in [-0.2, 0) is 17.7 Å². The van der Waals surface area contributed by atoms with Crippen LogP contribution in [0.2, 0.25) is 51.9 Å². The maximum Gasteiger partial charge on any atom is 0.338 e. The minimum Gasteiger partial charge on any atom is -0.462 e. The Bertz CT molecular complexity index is 1400. The fraction of sp³-hybridized carbons (Fsp3) is 0.474. The molecule has 0 aromatic heterocycles. The molecule has 12 heteroatoms. The molecule has 274 valence electrons. The second kappa shape index (κ2) is 19.3. The van der Waals surface area contributed by atoms with Crippen molar-refractivity contribution in [2.75, 3.05) is 35.7 Å². The third-order valence-electron chi connectivity index (χ3n) is 7.39. The van der Waals surface area contributed by atoms with Crippen molar-refractivity contribution in [2.45, 2.75) is 97.8 Å². The Balaban J connectivity index is 1.77. The Hall–Kier alpha value is -3.43. The lowest BCUT2D eigenvalue weighted by molar-refractivity contribution is 0.0490. The molecule has 3 rings (SSSR count). The van der Waals surface area contributed by atoms with Gasteiger partial charge in [0.25, 0.3) is 0 Å². The van der Waals surface area contributed by atoms with Gasteiger partial charge in [0.2, 0.25) is 0 Å². The van der Waals surface area contributed by atoms with Crippen LogP contribution in [0.15, 0.2) is 66.7 Å². The topological polar surface area (TPSA) is 107 Å². The maximum absolute atomic E-state index is 12.4. The van der Waals surface area contributed by atoms with Gasteiger partial charge in [0.15, 0.2) is 16.6 Å². The molecular formula is C38H59N3O6Si3. The third-order valence-corrected chi connectivity index (χ3v) is 17.0. The van der Waals surface area contributed by atoms with Crippen molar-refractivity contribution in [2.24, 2.45) is 0 Å². The van der Waals surface area contributed by atoms with Crippen LogP contribution in [0, 0.1) is 0 Å². The van der Waals surface area contributed by atoms with E-state index in [4.69, 9.17) is 17.7 Å². The van der Waals surface area contributed by atoms with Crippen LogP contribution in [-0.4, -0.2) is 56.9 Å². The highest BCUT2D eigenvalue weighted by Crippen LogP contribution is 2.30. The van der Waals surface area contributed by atoms with Crippen LogP contribution >= 0.6 is 0 Å². The Morgan fingerprint density at radius 2 is 0.960 bits per heavy atom. The molecule has 0 atom stereocenters. The standard InChI is InChI=1S/C38H59N3O6Si3/c1-10-12-24-44-37(42)30-15-19-32(20-16-30)40-35-27-34(39-23-14-26-50(9,46-48(3,4)5)47-49(6,7)8)28-36(29-35)41-33-21-17-31(18-22-33)38(43)45-25-13-11-2/h15-22,27-29,39-41H,10-14,23-26H2,1-9H3. The van der Waals surface area contributed by atoms with E-state index in [-0.39, 0.29) is 11.9 Å². The molecule has 0 aliphatic carbocycles. The van der Waals surface area contributed by atoms with Crippen molar-refractivity contribution in [3.05, 3.63) is 77.9 Å². The van der Waals surface area contributed by atoms with Crippen molar-refractivity contribution in [3.63, 3.8) is 0 Å². The van der Waals surface area contributed by atoms with Gasteiger partial charge in [-0.2, -0.15) is 0 Å². The highest BCUT2D eigenvalue weighted by molar-refractivity contribution is 6.87. The number of esters is 2. The lowest BCUT2D eigenvalue weighted by atomic mass is 10.1. The van der Waals surface area contributed by atoms with Crippen molar-refractivity contribution >= 4 is 65.6 Å². The van der Waals surface area contributed by atoms with Gasteiger partial charge < -0.3 is 33.7 Å². The lowest BCUT2D eigenvalue weighted by Gasteiger charge is -2.38. The number of rotatable bonds is 21. The molecule has 0 bridgehead atoms. The van der Waals surface area contributed by atoms with E-state index in [0.717, 1.165) is 73.1 Å². The summed E-state index contributed by atoms with van der Waals surface area (Å²) < 4.78 is 24.1. The number of nitrogens with one attached hydrogen (secondary N) is 3. The predicted octanol–water partition coefficient (Wildman–Crippen LogP) is 10.7. The van der Waals surface area contributed by atoms with Crippen molar-refractivity contribution in [1.29, 1.82) is 0 Å². The van der Waals surface area contributed by atoms with Gasteiger partial charge >= 0.3 is 20.5 Å². The van der Waals surface area contributed by atoms with Crippen LogP contribution < -0.4 is 16.0 Å². The summed E-state index contributed by atoms with van der Waals surface area (Å²) in [6, 6.07) is 21.7. The zero-order valence-electron chi connectivity index (χ0n) is 31.7. The fourth-order valence-corrected chi connectivity index (χ4v) is 18.0. The van der Waals surface area contributed by atoms with E-state index in [2.05, 4.69) is 87.8 Å². The summed E-state index contributed by atoms with van der Waals surface area (Å²) in [5.74, 6) is -0.625. The molecule has 0 amide bonds. The van der Waals surface area contributed by atoms with Gasteiger partial charge in [0.1, 0.15) is 0 Å². The quantitative estimate of drug-likeness (QED) is 0.0559. The van der Waals surface area contributed by atoms with Crippen LogP contribution in [0.4, 0.5) is 28.4 Å². The summed E-state index contributed by atoms with van der Waals surface area (Å²) in [6.45, 7) is 21.4. The first-order valence-corrected chi connectivity index (χ1v) is 27.3. The molecule has 0 aliphatic heterocycles. The molecule has 9 nitrogen and oxygen atoms in total. The van der Waals surface area contributed by atoms with Crippen molar-refractivity contribution < 1.29 is 27.3 Å². The first-order valence-electron chi connectivity index (χ1n) is 18.0. The van der Waals surface area contributed by atoms with Gasteiger partial charge in [0, 0.05) is 35.0 Å². The molecular weight excluding hydrogens is 679 g/mol. The minimum atomic E-state index is -2.33. The van der Waals surface area contributed by atoms with E-state index in [1.54, 1.807) is 24.3 Å². The van der Waals surface area contributed by atoms with E-state index < -0.39 is 25.2 Å². The maximum atomic E-state index is 12.4. The Morgan fingerprint density at radius 1 is 0.560 bits per heavy atom. The van der Waals surface area contributed by atoms with E-state index in [1.165, 1.54) is 0 Å². The first-order chi connectivity index (χ1) is 23.6. The third kappa shape index (κ3) is 15.2. The van der Waals surface area contributed by atoms with Crippen LogP contribution in [0.5, 0.6) is 0 Å². The second-order valence-corrected chi connectivity index (χ2v) is 27.6. The smallest absolute Gasteiger partial charge is 0.338 e. The zero-order chi connectivity index (χ0) is 36.8. The Labute approximate surface area is 303 Å². The summed E-state index contributed by atoms with van der Waals surface area (Å²) >= 11 is 0. The van der Waals surface area contributed by atoms with Gasteiger partial charge in [-0.1, -0.05) is 26.7 Å². The first kappa shape index (κ1) is 41.0. The van der Waals surface area contributed by atoms with Crippen LogP contribution in [0.25, 0.3) is 0 Å². The largest absolute Gasteiger partial charge is 0.462 e. The van der Waals surface area contributed by atoms with Gasteiger partial charge in [-0.15, -0.1) is 0 Å². The SMILES string of the molecule is CCCCOC(=O)c1ccc(Nc2cc(NCCC[Si](C)(O[Si](C)(C)C)O[Si](C)(C)C)cc(Nc3ccc(C(=O)OCCCC)cc3)c2)cc1. The molecule has 3 aromatic rings. The van der Waals surface area contributed by atoms with Gasteiger partial charge in [0.05, 0.1) is 24.3 Å². The van der Waals surface area contributed by atoms with Crippen molar-refractivity contribution in [1.82, 2.24) is 0 Å². The number of ether oxygens (including phenoxy) is 2. The molecule has 0 saturated heterocycles. The Kier molecular flexibility index (Phi) is 15.8. The average Bonchev–Trinajstić information content (AvgIpc) is 3.02. The number of carbonyl (C=O) groups excluding carboxylic acids is 2. The van der Waals surface area contributed by atoms with Crippen molar-refractivity contribution in [3.8, 4) is 0 Å². The second-order valence-electron chi connectivity index (χ2n) is 14.8. The summed E-state index contributed by atoms with van der Waals surface area (Å²) in [6.07, 6.45) is 4.56. The molecule has 3 N–H and O–H groups in total. The molecule has 0 fully saturated rings. The van der Waals surface area contributed by atoms with Crippen LogP contribution in [0.1, 0.15) is 66.7 Å². The Morgan fingerprint density at radius 3 is 1.34 bits per heavy atom. The fourth-order valence-electron chi connectivity index (χ4n) is 5.43. The lowest BCUT2D eigenvalue weighted by Crippen LogP contribution is -2.52. The number of hydrogen-bond donors (Lipinski definition) is 3. The van der Waals surface area contributed by atoms with Gasteiger partial charge in [-0.3, -0.25) is 0 Å². The number of benzene rings is 3. The molecule has 0 spiro atoms. The summed E-state index contributed by atoms with van der Waals surface area (Å²) in [5, 5.41) is 10.6.